The van der Waals surface area contributed by atoms with Crippen molar-refractivity contribution in [1.29, 1.82) is 0 Å². The Morgan fingerprint density at radius 2 is 1.05 bits per heavy atom. The van der Waals surface area contributed by atoms with Crippen molar-refractivity contribution in [3.05, 3.63) is 109 Å². The third kappa shape index (κ3) is 12.4. The van der Waals surface area contributed by atoms with Gasteiger partial charge in [0.25, 0.3) is 0 Å². The molecule has 0 spiro atoms. The van der Waals surface area contributed by atoms with Crippen LogP contribution >= 0.6 is 0 Å². The number of benzene rings is 2. The highest BCUT2D eigenvalue weighted by atomic mass is 19.1. The Morgan fingerprint density at radius 1 is 0.591 bits per heavy atom. The summed E-state index contributed by atoms with van der Waals surface area (Å²) in [7, 11) is 0. The summed E-state index contributed by atoms with van der Waals surface area (Å²) in [6.45, 7) is 4.00. The lowest BCUT2D eigenvalue weighted by Crippen LogP contribution is -1.63. The molecule has 0 saturated heterocycles. The van der Waals surface area contributed by atoms with Crippen LogP contribution in [0.25, 0.3) is 0 Å². The van der Waals surface area contributed by atoms with Crippen LogP contribution in [0.2, 0.25) is 0 Å². The van der Waals surface area contributed by atoms with E-state index in [4.69, 9.17) is 0 Å². The van der Waals surface area contributed by atoms with Gasteiger partial charge < -0.3 is 0 Å². The molecule has 0 nitrogen and oxygen atoms in total. The smallest absolute Gasteiger partial charge is 0.132 e. The van der Waals surface area contributed by atoms with Gasteiger partial charge in [0.1, 0.15) is 11.6 Å². The van der Waals surface area contributed by atoms with Gasteiger partial charge in [0, 0.05) is 6.07 Å². The number of rotatable bonds is 0. The molecule has 3 rings (SSSR count). The Balaban J connectivity index is 0.000000285. The highest BCUT2D eigenvalue weighted by Crippen LogP contribution is 1.91. The summed E-state index contributed by atoms with van der Waals surface area (Å²) in [6, 6.07) is 29.0. The normalized spacial score (nSPS) is 7.64. The Labute approximate surface area is 132 Å². The molecule has 0 unspecified atom stereocenters. The van der Waals surface area contributed by atoms with E-state index >= 15 is 0 Å². The SMILES string of the molecule is CC.Fc1cc#ccc1.Fc1ccccc1.c1ccccc1. The van der Waals surface area contributed by atoms with Crippen molar-refractivity contribution in [3.8, 4) is 0 Å². The van der Waals surface area contributed by atoms with Gasteiger partial charge in [-0.25, -0.2) is 8.78 Å². The first-order valence-corrected chi connectivity index (χ1v) is 7.03. The number of halogens is 2. The molecule has 0 saturated carbocycles. The maximum absolute atomic E-state index is 11.9. The van der Waals surface area contributed by atoms with Gasteiger partial charge in [0.15, 0.2) is 0 Å². The van der Waals surface area contributed by atoms with Crippen molar-refractivity contribution >= 4 is 0 Å². The third-order valence-electron chi connectivity index (χ3n) is 2.02. The van der Waals surface area contributed by atoms with Crippen LogP contribution in [0.5, 0.6) is 0 Å². The molecular formula is C20H20F2. The molecule has 2 heteroatoms. The van der Waals surface area contributed by atoms with E-state index in [1.807, 2.05) is 50.2 Å². The zero-order valence-electron chi connectivity index (χ0n) is 12.8. The van der Waals surface area contributed by atoms with E-state index in [1.54, 1.807) is 18.2 Å². The zero-order chi connectivity index (χ0) is 16.5. The van der Waals surface area contributed by atoms with E-state index in [9.17, 15) is 8.78 Å². The van der Waals surface area contributed by atoms with Crippen molar-refractivity contribution < 1.29 is 8.78 Å². The van der Waals surface area contributed by atoms with Crippen LogP contribution in [0.15, 0.2) is 84.9 Å². The summed E-state index contributed by atoms with van der Waals surface area (Å²) in [4.78, 5) is 0. The van der Waals surface area contributed by atoms with E-state index in [-0.39, 0.29) is 11.6 Å². The molecule has 0 heterocycles. The molecule has 114 valence electrons. The van der Waals surface area contributed by atoms with Gasteiger partial charge in [0.05, 0.1) is 0 Å². The fraction of sp³-hybridized carbons (Fsp3) is 0.100. The van der Waals surface area contributed by atoms with Gasteiger partial charge in [-0.05, 0) is 24.3 Å². The average molecular weight is 298 g/mol. The van der Waals surface area contributed by atoms with E-state index in [1.165, 1.54) is 30.3 Å². The summed E-state index contributed by atoms with van der Waals surface area (Å²) in [5, 5.41) is 0. The standard InChI is InChI=1S/C6H5F.C6H3F.C6H6.C2H6/c2*7-6-4-2-1-3-5-6;1-2-4-6-5-3-1;1-2/h1-5H;2,4-5H;1-6H;1-2H3. The highest BCUT2D eigenvalue weighted by Gasteiger charge is 1.77. The molecule has 0 N–H and O–H groups in total. The molecule has 0 aromatic heterocycles. The molecule has 0 amide bonds. The predicted molar refractivity (Wildman–Crippen MR) is 88.3 cm³/mol. The lowest BCUT2D eigenvalue weighted by molar-refractivity contribution is 0.627. The minimum absolute atomic E-state index is 0.178. The summed E-state index contributed by atoms with van der Waals surface area (Å²) in [6.07, 6.45) is 0. The highest BCUT2D eigenvalue weighted by molar-refractivity contribution is 5.02. The third-order valence-corrected chi connectivity index (χ3v) is 2.02. The van der Waals surface area contributed by atoms with Crippen molar-refractivity contribution in [2.45, 2.75) is 13.8 Å². The topological polar surface area (TPSA) is 0 Å². The molecule has 0 aliphatic rings. The summed E-state index contributed by atoms with van der Waals surface area (Å²) >= 11 is 0. The largest absolute Gasteiger partial charge is 0.207 e. The first-order chi connectivity index (χ1) is 10.8. The van der Waals surface area contributed by atoms with E-state index in [2.05, 4.69) is 12.1 Å². The molecule has 0 radical (unpaired) electrons. The minimum Gasteiger partial charge on any atom is -0.207 e. The Hall–Kier alpha value is -2.66. The van der Waals surface area contributed by atoms with Crippen molar-refractivity contribution in [2.75, 3.05) is 0 Å². The molecule has 3 aromatic carbocycles. The quantitative estimate of drug-likeness (QED) is 0.480. The van der Waals surface area contributed by atoms with Crippen molar-refractivity contribution in [2.24, 2.45) is 0 Å². The number of hydrogen-bond acceptors (Lipinski definition) is 0. The maximum Gasteiger partial charge on any atom is 0.132 e. The zero-order valence-corrected chi connectivity index (χ0v) is 12.8. The van der Waals surface area contributed by atoms with Gasteiger partial charge in [-0.2, -0.15) is 0 Å². The van der Waals surface area contributed by atoms with Crippen LogP contribution in [0, 0.1) is 23.8 Å². The van der Waals surface area contributed by atoms with Gasteiger partial charge in [0.2, 0.25) is 0 Å². The van der Waals surface area contributed by atoms with Crippen LogP contribution in [0.4, 0.5) is 8.78 Å². The van der Waals surface area contributed by atoms with Gasteiger partial charge in [-0.3, -0.25) is 0 Å². The van der Waals surface area contributed by atoms with Gasteiger partial charge >= 0.3 is 0 Å². The minimum atomic E-state index is -0.265. The lowest BCUT2D eigenvalue weighted by Gasteiger charge is -1.78. The second-order valence-electron chi connectivity index (χ2n) is 3.60. The first-order valence-electron chi connectivity index (χ1n) is 7.03. The van der Waals surface area contributed by atoms with Crippen LogP contribution in [-0.2, 0) is 0 Å². The maximum atomic E-state index is 11.9. The summed E-state index contributed by atoms with van der Waals surface area (Å²) < 4.78 is 23.8. The first kappa shape index (κ1) is 19.3. The van der Waals surface area contributed by atoms with Crippen LogP contribution in [0.3, 0.4) is 0 Å². The van der Waals surface area contributed by atoms with Crippen LogP contribution in [0.1, 0.15) is 13.8 Å². The Bertz CT molecular complexity index is 472. The fourth-order valence-electron chi connectivity index (χ4n) is 1.13. The molecule has 3 aromatic rings. The van der Waals surface area contributed by atoms with Gasteiger partial charge in [-0.1, -0.05) is 80.6 Å². The van der Waals surface area contributed by atoms with Gasteiger partial charge in [-0.15, -0.1) is 0 Å². The summed E-state index contributed by atoms with van der Waals surface area (Å²) in [5.41, 5.74) is 0. The fourth-order valence-corrected chi connectivity index (χ4v) is 1.13. The van der Waals surface area contributed by atoms with Crippen LogP contribution in [-0.4, -0.2) is 0 Å². The molecule has 0 fully saturated rings. The van der Waals surface area contributed by atoms with Crippen molar-refractivity contribution in [1.82, 2.24) is 0 Å². The average Bonchev–Trinajstić information content (AvgIpc) is 2.61. The molecule has 0 bridgehead atoms. The van der Waals surface area contributed by atoms with E-state index in [0.717, 1.165) is 0 Å². The molecule has 0 aliphatic heterocycles. The Morgan fingerprint density at radius 3 is 1.27 bits per heavy atom. The van der Waals surface area contributed by atoms with Crippen LogP contribution < -0.4 is 0 Å². The van der Waals surface area contributed by atoms with Crippen molar-refractivity contribution in [3.63, 3.8) is 0 Å². The summed E-state index contributed by atoms with van der Waals surface area (Å²) in [5.74, 6) is -0.443. The number of hydrogen-bond donors (Lipinski definition) is 0. The second-order valence-corrected chi connectivity index (χ2v) is 3.60. The lowest BCUT2D eigenvalue weighted by atomic mass is 10.4. The molecule has 0 atom stereocenters. The second kappa shape index (κ2) is 14.7. The Kier molecular flexibility index (Phi) is 13.0. The predicted octanol–water partition coefficient (Wildman–Crippen LogP) is 5.96. The van der Waals surface area contributed by atoms with E-state index < -0.39 is 0 Å². The molecule has 0 aliphatic carbocycles. The molecule has 22 heavy (non-hydrogen) atoms. The molecular weight excluding hydrogens is 278 g/mol. The van der Waals surface area contributed by atoms with E-state index in [0.29, 0.717) is 0 Å². The monoisotopic (exact) mass is 298 g/mol.